The van der Waals surface area contributed by atoms with E-state index in [1.165, 1.54) is 0 Å². The minimum Gasteiger partial charge on any atom is -0.338 e. The van der Waals surface area contributed by atoms with Crippen molar-refractivity contribution in [2.24, 2.45) is 11.7 Å². The van der Waals surface area contributed by atoms with Crippen LogP contribution >= 0.6 is 0 Å². The lowest BCUT2D eigenvalue weighted by Gasteiger charge is -2.27. The molecular formula is C17H23N3O2. The summed E-state index contributed by atoms with van der Waals surface area (Å²) in [6.07, 6.45) is 3.63. The number of hydrogen-bond acceptors (Lipinski definition) is 3. The van der Waals surface area contributed by atoms with E-state index in [0.717, 1.165) is 44.6 Å². The van der Waals surface area contributed by atoms with Gasteiger partial charge >= 0.3 is 0 Å². The molecule has 1 aromatic carbocycles. The molecule has 2 saturated heterocycles. The van der Waals surface area contributed by atoms with E-state index in [0.29, 0.717) is 24.4 Å². The number of likely N-dealkylation sites (tertiary alicyclic amines) is 1. The highest BCUT2D eigenvalue weighted by molar-refractivity contribution is 5.97. The van der Waals surface area contributed by atoms with Crippen molar-refractivity contribution < 1.29 is 9.59 Å². The third-order valence-corrected chi connectivity index (χ3v) is 4.66. The van der Waals surface area contributed by atoms with Crippen LogP contribution in [-0.2, 0) is 4.79 Å². The van der Waals surface area contributed by atoms with Crippen molar-refractivity contribution in [1.29, 1.82) is 0 Å². The Bertz CT molecular complexity index is 556. The summed E-state index contributed by atoms with van der Waals surface area (Å²) in [6, 6.07) is 7.42. The number of carbonyl (C=O) groups is 2. The first-order valence-corrected chi connectivity index (χ1v) is 8.09. The first kappa shape index (κ1) is 15.0. The van der Waals surface area contributed by atoms with Crippen molar-refractivity contribution in [3.05, 3.63) is 29.8 Å². The number of rotatable bonds is 3. The first-order chi connectivity index (χ1) is 10.7. The minimum absolute atomic E-state index is 0.0625. The normalized spacial score (nSPS) is 22.2. The third kappa shape index (κ3) is 2.99. The van der Waals surface area contributed by atoms with Gasteiger partial charge in [0.2, 0.25) is 5.91 Å². The van der Waals surface area contributed by atoms with E-state index >= 15 is 0 Å². The van der Waals surface area contributed by atoms with E-state index in [2.05, 4.69) is 0 Å². The Hall–Kier alpha value is -1.88. The summed E-state index contributed by atoms with van der Waals surface area (Å²) in [5, 5.41) is 0. The molecule has 0 unspecified atom stereocenters. The second kappa shape index (κ2) is 6.48. The quantitative estimate of drug-likeness (QED) is 0.922. The summed E-state index contributed by atoms with van der Waals surface area (Å²) in [6.45, 7) is 2.95. The van der Waals surface area contributed by atoms with Gasteiger partial charge in [-0.3, -0.25) is 9.59 Å². The summed E-state index contributed by atoms with van der Waals surface area (Å²) >= 11 is 0. The maximum Gasteiger partial charge on any atom is 0.253 e. The summed E-state index contributed by atoms with van der Waals surface area (Å²) in [7, 11) is 0. The van der Waals surface area contributed by atoms with E-state index in [1.54, 1.807) is 0 Å². The van der Waals surface area contributed by atoms with E-state index in [1.807, 2.05) is 34.1 Å². The van der Waals surface area contributed by atoms with Crippen LogP contribution in [-0.4, -0.2) is 42.9 Å². The molecule has 1 aromatic rings. The van der Waals surface area contributed by atoms with Crippen LogP contribution in [0.25, 0.3) is 0 Å². The molecule has 22 heavy (non-hydrogen) atoms. The van der Waals surface area contributed by atoms with Crippen molar-refractivity contribution in [2.75, 3.05) is 31.1 Å². The Balaban J connectivity index is 1.68. The number of carbonyl (C=O) groups excluding carboxylic acids is 2. The van der Waals surface area contributed by atoms with E-state index in [9.17, 15) is 9.59 Å². The fourth-order valence-electron chi connectivity index (χ4n) is 3.25. The van der Waals surface area contributed by atoms with Crippen molar-refractivity contribution in [1.82, 2.24) is 4.90 Å². The Morgan fingerprint density at radius 1 is 1.18 bits per heavy atom. The molecule has 0 radical (unpaired) electrons. The van der Waals surface area contributed by atoms with Gasteiger partial charge in [0.1, 0.15) is 0 Å². The van der Waals surface area contributed by atoms with E-state index in [4.69, 9.17) is 5.73 Å². The molecule has 5 heteroatoms. The van der Waals surface area contributed by atoms with Gasteiger partial charge in [0.15, 0.2) is 0 Å². The van der Waals surface area contributed by atoms with Crippen molar-refractivity contribution in [3.63, 3.8) is 0 Å². The van der Waals surface area contributed by atoms with Crippen LogP contribution in [0, 0.1) is 5.92 Å². The predicted molar refractivity (Wildman–Crippen MR) is 85.7 cm³/mol. The third-order valence-electron chi connectivity index (χ3n) is 4.66. The summed E-state index contributed by atoms with van der Waals surface area (Å²) in [5.74, 6) is 0.664. The standard InChI is InChI=1S/C17H23N3O2/c18-11-13-8-10-19(12-13)17(22)14-4-6-15(7-5-14)20-9-2-1-3-16(20)21/h4-7,13H,1-3,8-12,18H2/t13-/m1/s1. The van der Waals surface area contributed by atoms with E-state index < -0.39 is 0 Å². The number of piperidine rings is 1. The Morgan fingerprint density at radius 3 is 2.59 bits per heavy atom. The zero-order chi connectivity index (χ0) is 15.5. The Kier molecular flexibility index (Phi) is 4.43. The molecule has 2 amide bonds. The average Bonchev–Trinajstić information content (AvgIpc) is 3.04. The molecule has 2 heterocycles. The van der Waals surface area contributed by atoms with Crippen LogP contribution in [0.3, 0.4) is 0 Å². The number of anilines is 1. The lowest BCUT2D eigenvalue weighted by Crippen LogP contribution is -2.35. The monoisotopic (exact) mass is 301 g/mol. The van der Waals surface area contributed by atoms with Gasteiger partial charge in [-0.05, 0) is 56.0 Å². The molecule has 0 aromatic heterocycles. The summed E-state index contributed by atoms with van der Waals surface area (Å²) < 4.78 is 0. The van der Waals surface area contributed by atoms with Crippen molar-refractivity contribution >= 4 is 17.5 Å². The molecule has 0 spiro atoms. The first-order valence-electron chi connectivity index (χ1n) is 8.09. The fourth-order valence-corrected chi connectivity index (χ4v) is 3.25. The van der Waals surface area contributed by atoms with Crippen LogP contribution in [0.4, 0.5) is 5.69 Å². The average molecular weight is 301 g/mol. The molecule has 0 aliphatic carbocycles. The van der Waals surface area contributed by atoms with Gasteiger partial charge in [-0.15, -0.1) is 0 Å². The zero-order valence-electron chi connectivity index (χ0n) is 12.8. The SMILES string of the molecule is NC[C@H]1CCN(C(=O)c2ccc(N3CCCCC3=O)cc2)C1. The zero-order valence-corrected chi connectivity index (χ0v) is 12.8. The minimum atomic E-state index is 0.0625. The molecule has 2 N–H and O–H groups in total. The highest BCUT2D eigenvalue weighted by atomic mass is 16.2. The van der Waals surface area contributed by atoms with Gasteiger partial charge < -0.3 is 15.5 Å². The van der Waals surface area contributed by atoms with Gasteiger partial charge in [0, 0.05) is 37.3 Å². The summed E-state index contributed by atoms with van der Waals surface area (Å²) in [5.41, 5.74) is 7.25. The van der Waals surface area contributed by atoms with Crippen LogP contribution < -0.4 is 10.6 Å². The Morgan fingerprint density at radius 2 is 1.95 bits per heavy atom. The maximum absolute atomic E-state index is 12.5. The largest absolute Gasteiger partial charge is 0.338 e. The molecule has 2 fully saturated rings. The second-order valence-corrected chi connectivity index (χ2v) is 6.19. The maximum atomic E-state index is 12.5. The fraction of sp³-hybridized carbons (Fsp3) is 0.529. The van der Waals surface area contributed by atoms with Gasteiger partial charge in [0.25, 0.3) is 5.91 Å². The molecule has 3 rings (SSSR count). The van der Waals surface area contributed by atoms with Crippen molar-refractivity contribution in [2.45, 2.75) is 25.7 Å². The van der Waals surface area contributed by atoms with Gasteiger partial charge in [-0.25, -0.2) is 0 Å². The molecule has 0 saturated carbocycles. The van der Waals surface area contributed by atoms with Crippen LogP contribution in [0.15, 0.2) is 24.3 Å². The smallest absolute Gasteiger partial charge is 0.253 e. The van der Waals surface area contributed by atoms with Crippen LogP contribution in [0.1, 0.15) is 36.0 Å². The molecule has 0 bridgehead atoms. The predicted octanol–water partition coefficient (Wildman–Crippen LogP) is 1.62. The van der Waals surface area contributed by atoms with E-state index in [-0.39, 0.29) is 11.8 Å². The number of hydrogen-bond donors (Lipinski definition) is 1. The Labute approximate surface area is 131 Å². The number of nitrogens with two attached hydrogens (primary N) is 1. The lowest BCUT2D eigenvalue weighted by molar-refractivity contribution is -0.119. The van der Waals surface area contributed by atoms with Crippen molar-refractivity contribution in [3.8, 4) is 0 Å². The number of amides is 2. The summed E-state index contributed by atoms with van der Waals surface area (Å²) in [4.78, 5) is 28.1. The molecule has 118 valence electrons. The highest BCUT2D eigenvalue weighted by Crippen LogP contribution is 2.23. The molecule has 2 aliphatic rings. The molecular weight excluding hydrogens is 278 g/mol. The topological polar surface area (TPSA) is 66.6 Å². The lowest BCUT2D eigenvalue weighted by atomic mass is 10.1. The van der Waals surface area contributed by atoms with Crippen LogP contribution in [0.5, 0.6) is 0 Å². The highest BCUT2D eigenvalue weighted by Gasteiger charge is 2.26. The molecule has 1 atom stereocenters. The molecule has 5 nitrogen and oxygen atoms in total. The van der Waals surface area contributed by atoms with Crippen LogP contribution in [0.2, 0.25) is 0 Å². The van der Waals surface area contributed by atoms with Gasteiger partial charge in [-0.1, -0.05) is 0 Å². The molecule has 2 aliphatic heterocycles. The van der Waals surface area contributed by atoms with Gasteiger partial charge in [-0.2, -0.15) is 0 Å². The number of benzene rings is 1. The van der Waals surface area contributed by atoms with Gasteiger partial charge in [0.05, 0.1) is 0 Å². The number of nitrogens with zero attached hydrogens (tertiary/aromatic N) is 2. The second-order valence-electron chi connectivity index (χ2n) is 6.19.